The first-order valence-electron chi connectivity index (χ1n) is 6.85. The maximum atomic E-state index is 11.8. The van der Waals surface area contributed by atoms with E-state index < -0.39 is 0 Å². The lowest BCUT2D eigenvalue weighted by molar-refractivity contribution is -0.124. The quantitative estimate of drug-likeness (QED) is 0.734. The molecular formula is C13H23NO3. The Labute approximate surface area is 103 Å². The summed E-state index contributed by atoms with van der Waals surface area (Å²) in [5, 5.41) is 12.9. The van der Waals surface area contributed by atoms with E-state index in [9.17, 15) is 9.90 Å². The van der Waals surface area contributed by atoms with E-state index in [1.807, 2.05) is 0 Å². The Kier molecular flexibility index (Phi) is 4.80. The number of aliphatic hydroxyl groups excluding tert-OH is 1. The fraction of sp³-hybridized carbons (Fsp3) is 0.923. The van der Waals surface area contributed by atoms with Crippen molar-refractivity contribution >= 4 is 5.91 Å². The first-order chi connectivity index (χ1) is 8.25. The molecule has 0 aromatic carbocycles. The first-order valence-corrected chi connectivity index (χ1v) is 6.85. The third kappa shape index (κ3) is 3.96. The number of nitrogens with one attached hydrogen (secondary N) is 1. The van der Waals surface area contributed by atoms with Gasteiger partial charge in [0.2, 0.25) is 5.91 Å². The number of hydrogen-bond donors (Lipinski definition) is 2. The van der Waals surface area contributed by atoms with Gasteiger partial charge in [0.1, 0.15) is 0 Å². The highest BCUT2D eigenvalue weighted by Gasteiger charge is 2.25. The molecule has 3 atom stereocenters. The van der Waals surface area contributed by atoms with Gasteiger partial charge in [0, 0.05) is 6.61 Å². The van der Waals surface area contributed by atoms with Gasteiger partial charge in [-0.25, -0.2) is 0 Å². The fourth-order valence-electron chi connectivity index (χ4n) is 2.73. The molecule has 0 aromatic rings. The molecule has 1 aliphatic heterocycles. The standard InChI is InChI=1S/C13H23NO3/c15-12-7-3-1-2-6-11(12)14-13(16)9-10-5-4-8-17-10/h10-12,15H,1-9H2,(H,14,16). The molecule has 3 unspecified atom stereocenters. The van der Waals surface area contributed by atoms with E-state index in [2.05, 4.69) is 5.32 Å². The van der Waals surface area contributed by atoms with Crippen LogP contribution in [-0.2, 0) is 9.53 Å². The highest BCUT2D eigenvalue weighted by Crippen LogP contribution is 2.19. The Morgan fingerprint density at radius 3 is 2.76 bits per heavy atom. The summed E-state index contributed by atoms with van der Waals surface area (Å²) < 4.78 is 5.44. The van der Waals surface area contributed by atoms with Gasteiger partial charge in [0.15, 0.2) is 0 Å². The summed E-state index contributed by atoms with van der Waals surface area (Å²) in [5.74, 6) is 0.0304. The molecule has 2 aliphatic rings. The normalized spacial score (nSPS) is 34.3. The van der Waals surface area contributed by atoms with E-state index in [0.29, 0.717) is 6.42 Å². The SMILES string of the molecule is O=C(CC1CCCO1)NC1CCCCCC1O. The van der Waals surface area contributed by atoms with Crippen LogP contribution in [0.5, 0.6) is 0 Å². The number of hydrogen-bond acceptors (Lipinski definition) is 3. The topological polar surface area (TPSA) is 58.6 Å². The van der Waals surface area contributed by atoms with Crippen molar-refractivity contribution in [3.8, 4) is 0 Å². The van der Waals surface area contributed by atoms with Crippen molar-refractivity contribution in [2.24, 2.45) is 0 Å². The van der Waals surface area contributed by atoms with Crippen LogP contribution in [0, 0.1) is 0 Å². The van der Waals surface area contributed by atoms with Crippen molar-refractivity contribution < 1.29 is 14.6 Å². The van der Waals surface area contributed by atoms with Crippen molar-refractivity contribution in [1.82, 2.24) is 5.32 Å². The Morgan fingerprint density at radius 1 is 1.18 bits per heavy atom. The summed E-state index contributed by atoms with van der Waals surface area (Å²) >= 11 is 0. The fourth-order valence-corrected chi connectivity index (χ4v) is 2.73. The van der Waals surface area contributed by atoms with Crippen molar-refractivity contribution in [3.05, 3.63) is 0 Å². The van der Waals surface area contributed by atoms with E-state index >= 15 is 0 Å². The molecule has 0 bridgehead atoms. The molecule has 2 N–H and O–H groups in total. The van der Waals surface area contributed by atoms with Crippen molar-refractivity contribution in [2.45, 2.75) is 69.6 Å². The molecule has 1 saturated heterocycles. The van der Waals surface area contributed by atoms with Crippen LogP contribution >= 0.6 is 0 Å². The van der Waals surface area contributed by atoms with Crippen LogP contribution in [0.4, 0.5) is 0 Å². The lowest BCUT2D eigenvalue weighted by atomic mass is 10.1. The molecule has 4 heteroatoms. The minimum atomic E-state index is -0.369. The van der Waals surface area contributed by atoms with Gasteiger partial charge in [0.05, 0.1) is 24.7 Å². The molecule has 1 saturated carbocycles. The number of aliphatic hydroxyl groups is 1. The first kappa shape index (κ1) is 12.8. The molecule has 0 radical (unpaired) electrons. The van der Waals surface area contributed by atoms with Crippen LogP contribution in [0.3, 0.4) is 0 Å². The Balaban J connectivity index is 1.75. The van der Waals surface area contributed by atoms with Crippen LogP contribution in [0.1, 0.15) is 51.4 Å². The molecule has 17 heavy (non-hydrogen) atoms. The predicted molar refractivity (Wildman–Crippen MR) is 64.6 cm³/mol. The van der Waals surface area contributed by atoms with Crippen molar-refractivity contribution in [2.75, 3.05) is 6.61 Å². The Bertz CT molecular complexity index is 251. The Hall–Kier alpha value is -0.610. The maximum absolute atomic E-state index is 11.8. The van der Waals surface area contributed by atoms with E-state index in [1.165, 1.54) is 0 Å². The van der Waals surface area contributed by atoms with Gasteiger partial charge in [-0.2, -0.15) is 0 Å². The predicted octanol–water partition coefficient (Wildman–Crippen LogP) is 1.37. The summed E-state index contributed by atoms with van der Waals surface area (Å²) in [6.07, 6.45) is 7.26. The zero-order valence-electron chi connectivity index (χ0n) is 10.4. The number of carbonyl (C=O) groups is 1. The molecule has 98 valence electrons. The number of ether oxygens (including phenoxy) is 1. The lowest BCUT2D eigenvalue weighted by Gasteiger charge is -2.22. The molecule has 4 nitrogen and oxygen atoms in total. The largest absolute Gasteiger partial charge is 0.391 e. The van der Waals surface area contributed by atoms with E-state index in [0.717, 1.165) is 51.6 Å². The van der Waals surface area contributed by atoms with Gasteiger partial charge >= 0.3 is 0 Å². The van der Waals surface area contributed by atoms with Gasteiger partial charge in [-0.05, 0) is 25.7 Å². The van der Waals surface area contributed by atoms with Gasteiger partial charge in [-0.3, -0.25) is 4.79 Å². The smallest absolute Gasteiger partial charge is 0.222 e. The monoisotopic (exact) mass is 241 g/mol. The summed E-state index contributed by atoms with van der Waals surface area (Å²) in [4.78, 5) is 11.8. The second-order valence-electron chi connectivity index (χ2n) is 5.22. The summed E-state index contributed by atoms with van der Waals surface area (Å²) in [5.41, 5.74) is 0. The highest BCUT2D eigenvalue weighted by atomic mass is 16.5. The van der Waals surface area contributed by atoms with Gasteiger partial charge in [-0.15, -0.1) is 0 Å². The molecular weight excluding hydrogens is 218 g/mol. The van der Waals surface area contributed by atoms with E-state index in [4.69, 9.17) is 4.74 Å². The summed E-state index contributed by atoms with van der Waals surface area (Å²) in [7, 11) is 0. The molecule has 0 aromatic heterocycles. The second kappa shape index (κ2) is 6.36. The third-order valence-corrected chi connectivity index (χ3v) is 3.76. The highest BCUT2D eigenvalue weighted by molar-refractivity contribution is 5.76. The molecule has 0 spiro atoms. The minimum Gasteiger partial charge on any atom is -0.391 e. The zero-order valence-corrected chi connectivity index (χ0v) is 10.4. The number of rotatable bonds is 3. The second-order valence-corrected chi connectivity index (χ2v) is 5.22. The van der Waals surface area contributed by atoms with Crippen LogP contribution in [0.15, 0.2) is 0 Å². The molecule has 1 aliphatic carbocycles. The maximum Gasteiger partial charge on any atom is 0.222 e. The summed E-state index contributed by atoms with van der Waals surface area (Å²) in [6, 6.07) is -0.0496. The van der Waals surface area contributed by atoms with Crippen LogP contribution in [0.25, 0.3) is 0 Å². The number of carbonyl (C=O) groups excluding carboxylic acids is 1. The average molecular weight is 241 g/mol. The molecule has 1 heterocycles. The van der Waals surface area contributed by atoms with Gasteiger partial charge in [0.25, 0.3) is 0 Å². The van der Waals surface area contributed by atoms with Crippen molar-refractivity contribution in [1.29, 1.82) is 0 Å². The zero-order chi connectivity index (χ0) is 12.1. The lowest BCUT2D eigenvalue weighted by Crippen LogP contribution is -2.43. The van der Waals surface area contributed by atoms with E-state index in [-0.39, 0.29) is 24.2 Å². The van der Waals surface area contributed by atoms with Crippen LogP contribution < -0.4 is 5.32 Å². The van der Waals surface area contributed by atoms with Gasteiger partial charge < -0.3 is 15.2 Å². The van der Waals surface area contributed by atoms with Crippen LogP contribution in [-0.4, -0.2) is 35.9 Å². The summed E-state index contributed by atoms with van der Waals surface area (Å²) in [6.45, 7) is 0.782. The number of amides is 1. The molecule has 2 fully saturated rings. The molecule has 1 amide bonds. The third-order valence-electron chi connectivity index (χ3n) is 3.76. The Morgan fingerprint density at radius 2 is 2.00 bits per heavy atom. The molecule has 2 rings (SSSR count). The average Bonchev–Trinajstić information content (AvgIpc) is 2.71. The van der Waals surface area contributed by atoms with E-state index in [1.54, 1.807) is 0 Å². The van der Waals surface area contributed by atoms with Crippen LogP contribution in [0.2, 0.25) is 0 Å². The van der Waals surface area contributed by atoms with Crippen molar-refractivity contribution in [3.63, 3.8) is 0 Å². The van der Waals surface area contributed by atoms with Gasteiger partial charge in [-0.1, -0.05) is 19.3 Å². The minimum absolute atomic E-state index is 0.0304.